The summed E-state index contributed by atoms with van der Waals surface area (Å²) in [6.45, 7) is 5.62. The van der Waals surface area contributed by atoms with Gasteiger partial charge in [-0.2, -0.15) is 0 Å². The Kier molecular flexibility index (Phi) is 2.80. The average Bonchev–Trinajstić information content (AvgIpc) is 2.07. The highest BCUT2D eigenvalue weighted by molar-refractivity contribution is 5.81. The lowest BCUT2D eigenvalue weighted by atomic mass is 10.5. The van der Waals surface area contributed by atoms with Crippen LogP contribution in [0.1, 0.15) is 6.92 Å². The topological polar surface area (TPSA) is 24.2 Å². The monoisotopic (exact) mass is 164 g/mol. The zero-order valence-electron chi connectivity index (χ0n) is 7.10. The molecule has 1 heterocycles. The van der Waals surface area contributed by atoms with Crippen molar-refractivity contribution in [2.24, 2.45) is 0 Å². The fourth-order valence-electron chi connectivity index (χ4n) is 0.986. The van der Waals surface area contributed by atoms with Gasteiger partial charge >= 0.3 is 0 Å². The van der Waals surface area contributed by atoms with Gasteiger partial charge in [0.15, 0.2) is 12.4 Å². The summed E-state index contributed by atoms with van der Waals surface area (Å²) < 4.78 is 1.72. The van der Waals surface area contributed by atoms with Gasteiger partial charge in [0.25, 0.3) is 5.91 Å². The van der Waals surface area contributed by atoms with Gasteiger partial charge in [-0.05, 0) is 6.92 Å². The standard InChI is InChI=1S/C9H12N2O/c1-3-11(9(2)12)10-7-5-4-6-8-10/h4-8H,1,3H2,2H3/q+1. The highest BCUT2D eigenvalue weighted by Gasteiger charge is 2.14. The third-order valence-corrected chi connectivity index (χ3v) is 1.55. The van der Waals surface area contributed by atoms with E-state index in [1.54, 1.807) is 9.69 Å². The Hall–Kier alpha value is -1.38. The van der Waals surface area contributed by atoms with Crippen LogP contribution in [0.4, 0.5) is 0 Å². The minimum atomic E-state index is -0.0128. The van der Waals surface area contributed by atoms with Gasteiger partial charge in [0, 0.05) is 19.1 Å². The summed E-state index contributed by atoms with van der Waals surface area (Å²) in [5.74, 6) is -0.0128. The van der Waals surface area contributed by atoms with Crippen LogP contribution in [-0.4, -0.2) is 12.5 Å². The minimum Gasteiger partial charge on any atom is -0.269 e. The van der Waals surface area contributed by atoms with Gasteiger partial charge in [0.2, 0.25) is 0 Å². The van der Waals surface area contributed by atoms with Crippen LogP contribution in [-0.2, 0) is 4.79 Å². The van der Waals surface area contributed by atoms with Crippen molar-refractivity contribution in [3.8, 4) is 0 Å². The van der Waals surface area contributed by atoms with Crippen molar-refractivity contribution in [2.75, 3.05) is 11.6 Å². The first kappa shape index (κ1) is 8.71. The molecule has 1 amide bonds. The van der Waals surface area contributed by atoms with E-state index < -0.39 is 0 Å². The van der Waals surface area contributed by atoms with Crippen molar-refractivity contribution < 1.29 is 9.47 Å². The number of rotatable bonds is 2. The Labute approximate surface area is 72.2 Å². The first-order chi connectivity index (χ1) is 5.75. The molecule has 0 bridgehead atoms. The smallest absolute Gasteiger partial charge is 0.269 e. The molecule has 3 nitrogen and oxygen atoms in total. The van der Waals surface area contributed by atoms with Gasteiger partial charge in [-0.1, -0.05) is 10.7 Å². The van der Waals surface area contributed by atoms with Crippen molar-refractivity contribution in [1.29, 1.82) is 0 Å². The Morgan fingerprint density at radius 1 is 1.42 bits per heavy atom. The SMILES string of the molecule is [CH2]CN(C(C)=O)[n+]1ccccc1. The van der Waals surface area contributed by atoms with Crippen molar-refractivity contribution >= 4 is 5.91 Å². The van der Waals surface area contributed by atoms with Gasteiger partial charge in [-0.25, -0.2) is 0 Å². The van der Waals surface area contributed by atoms with Gasteiger partial charge < -0.3 is 0 Å². The molecule has 0 spiro atoms. The summed E-state index contributed by atoms with van der Waals surface area (Å²) in [6.07, 6.45) is 3.62. The summed E-state index contributed by atoms with van der Waals surface area (Å²) >= 11 is 0. The second kappa shape index (κ2) is 3.85. The van der Waals surface area contributed by atoms with Crippen LogP contribution in [0.2, 0.25) is 0 Å². The van der Waals surface area contributed by atoms with E-state index in [0.29, 0.717) is 6.54 Å². The van der Waals surface area contributed by atoms with Crippen LogP contribution >= 0.6 is 0 Å². The van der Waals surface area contributed by atoms with Crippen LogP contribution in [0.5, 0.6) is 0 Å². The number of pyridine rings is 1. The Bertz CT molecular complexity index is 258. The van der Waals surface area contributed by atoms with Crippen molar-refractivity contribution in [2.45, 2.75) is 6.92 Å². The number of hydrogen-bond donors (Lipinski definition) is 0. The highest BCUT2D eigenvalue weighted by Crippen LogP contribution is 1.81. The predicted molar refractivity (Wildman–Crippen MR) is 45.8 cm³/mol. The summed E-state index contributed by atoms with van der Waals surface area (Å²) in [5.41, 5.74) is 0. The first-order valence-electron chi connectivity index (χ1n) is 3.79. The molecule has 0 unspecified atom stereocenters. The number of carbonyl (C=O) groups excluding carboxylic acids is 1. The molecule has 12 heavy (non-hydrogen) atoms. The molecule has 0 atom stereocenters. The zero-order valence-corrected chi connectivity index (χ0v) is 7.10. The molecule has 1 radical (unpaired) electrons. The fraction of sp³-hybridized carbons (Fsp3) is 0.222. The van der Waals surface area contributed by atoms with E-state index in [9.17, 15) is 4.79 Å². The Morgan fingerprint density at radius 3 is 2.42 bits per heavy atom. The molecule has 0 saturated heterocycles. The summed E-state index contributed by atoms with van der Waals surface area (Å²) in [5, 5.41) is 1.54. The molecular formula is C9H12N2O+. The molecule has 1 rings (SSSR count). The van der Waals surface area contributed by atoms with Crippen LogP contribution in [0.25, 0.3) is 0 Å². The van der Waals surface area contributed by atoms with Crippen LogP contribution in [0.15, 0.2) is 30.6 Å². The second-order valence-corrected chi connectivity index (χ2v) is 2.40. The van der Waals surface area contributed by atoms with E-state index in [4.69, 9.17) is 0 Å². The van der Waals surface area contributed by atoms with Gasteiger partial charge in [0.1, 0.15) is 0 Å². The summed E-state index contributed by atoms with van der Waals surface area (Å²) in [7, 11) is 0. The van der Waals surface area contributed by atoms with E-state index in [-0.39, 0.29) is 5.91 Å². The lowest BCUT2D eigenvalue weighted by Crippen LogP contribution is -2.59. The largest absolute Gasteiger partial charge is 0.274 e. The van der Waals surface area contributed by atoms with Crippen molar-refractivity contribution in [3.05, 3.63) is 37.5 Å². The summed E-state index contributed by atoms with van der Waals surface area (Å²) in [6, 6.07) is 5.63. The van der Waals surface area contributed by atoms with E-state index in [1.165, 1.54) is 6.92 Å². The van der Waals surface area contributed by atoms with Crippen LogP contribution < -0.4 is 9.69 Å². The van der Waals surface area contributed by atoms with Gasteiger partial charge in [-0.3, -0.25) is 4.79 Å². The molecule has 63 valence electrons. The first-order valence-corrected chi connectivity index (χ1v) is 3.79. The molecule has 0 aliphatic heterocycles. The molecule has 0 aromatic carbocycles. The summed E-state index contributed by atoms with van der Waals surface area (Å²) in [4.78, 5) is 11.0. The van der Waals surface area contributed by atoms with Crippen LogP contribution in [0, 0.1) is 6.92 Å². The van der Waals surface area contributed by atoms with Gasteiger partial charge in [0.05, 0.1) is 6.54 Å². The molecule has 0 aliphatic rings. The Balaban J connectivity index is 2.88. The molecular weight excluding hydrogens is 152 g/mol. The van der Waals surface area contributed by atoms with E-state index in [1.807, 2.05) is 30.6 Å². The number of aromatic nitrogens is 1. The fourth-order valence-corrected chi connectivity index (χ4v) is 0.986. The minimum absolute atomic E-state index is 0.0128. The normalized spacial score (nSPS) is 9.50. The third kappa shape index (κ3) is 1.81. The molecule has 1 aromatic heterocycles. The quantitative estimate of drug-likeness (QED) is 0.576. The predicted octanol–water partition coefficient (Wildman–Crippen LogP) is 0.293. The van der Waals surface area contributed by atoms with E-state index in [2.05, 4.69) is 6.92 Å². The molecule has 0 N–H and O–H groups in total. The molecule has 0 aliphatic carbocycles. The molecule has 3 heteroatoms. The zero-order chi connectivity index (χ0) is 8.97. The lowest BCUT2D eigenvalue weighted by molar-refractivity contribution is -0.682. The van der Waals surface area contributed by atoms with E-state index >= 15 is 0 Å². The number of carbonyl (C=O) groups is 1. The average molecular weight is 164 g/mol. The number of nitrogens with zero attached hydrogens (tertiary/aromatic N) is 2. The van der Waals surface area contributed by atoms with Crippen LogP contribution in [0.3, 0.4) is 0 Å². The molecule has 0 saturated carbocycles. The maximum atomic E-state index is 11.0. The number of amides is 1. The van der Waals surface area contributed by atoms with Crippen molar-refractivity contribution in [1.82, 2.24) is 0 Å². The third-order valence-electron chi connectivity index (χ3n) is 1.55. The Morgan fingerprint density at radius 2 is 2.00 bits per heavy atom. The van der Waals surface area contributed by atoms with Gasteiger partial charge in [-0.15, -0.1) is 5.01 Å². The second-order valence-electron chi connectivity index (χ2n) is 2.40. The number of hydrogen-bond acceptors (Lipinski definition) is 1. The lowest BCUT2D eigenvalue weighted by Gasteiger charge is -2.09. The maximum absolute atomic E-state index is 11.0. The molecule has 0 fully saturated rings. The highest BCUT2D eigenvalue weighted by atomic mass is 16.2. The van der Waals surface area contributed by atoms with E-state index in [0.717, 1.165) is 0 Å². The molecule has 1 aromatic rings. The maximum Gasteiger partial charge on any atom is 0.274 e. The van der Waals surface area contributed by atoms with Crippen molar-refractivity contribution in [3.63, 3.8) is 0 Å².